The summed E-state index contributed by atoms with van der Waals surface area (Å²) in [5.41, 5.74) is 1.15. The molecule has 0 aliphatic heterocycles. The van der Waals surface area contributed by atoms with Crippen LogP contribution in [0.4, 0.5) is 11.4 Å². The highest BCUT2D eigenvalue weighted by atomic mass is 32.2. The molecule has 0 saturated carbocycles. The fraction of sp³-hybridized carbons (Fsp3) is 0.150. The number of nitrogens with one attached hydrogen (secondary N) is 1. The van der Waals surface area contributed by atoms with Gasteiger partial charge in [-0.25, -0.2) is 0 Å². The molecule has 0 aliphatic rings. The summed E-state index contributed by atoms with van der Waals surface area (Å²) in [6, 6.07) is 13.6. The number of nitro groups is 1. The number of non-ortho nitro benzene ring substituents is 1. The Hall–Kier alpha value is -3.66. The number of ether oxygens (including phenoxy) is 1. The molecule has 30 heavy (non-hydrogen) atoms. The first-order valence-electron chi connectivity index (χ1n) is 8.88. The third-order valence-corrected chi connectivity index (χ3v) is 5.03. The Labute approximate surface area is 176 Å². The molecule has 1 N–H and O–H groups in total. The average molecular weight is 425 g/mol. The first-order valence-corrected chi connectivity index (χ1v) is 9.86. The van der Waals surface area contributed by atoms with E-state index in [2.05, 4.69) is 22.1 Å². The summed E-state index contributed by atoms with van der Waals surface area (Å²) in [6.07, 6.45) is 1.74. The van der Waals surface area contributed by atoms with Gasteiger partial charge in [-0.05, 0) is 6.07 Å². The van der Waals surface area contributed by atoms with Crippen LogP contribution in [0.2, 0.25) is 0 Å². The lowest BCUT2D eigenvalue weighted by atomic mass is 10.2. The van der Waals surface area contributed by atoms with Gasteiger partial charge in [0.15, 0.2) is 11.0 Å². The zero-order chi connectivity index (χ0) is 21.5. The van der Waals surface area contributed by atoms with Gasteiger partial charge in [-0.15, -0.1) is 16.8 Å². The highest BCUT2D eigenvalue weighted by molar-refractivity contribution is 7.99. The molecule has 0 saturated heterocycles. The quantitative estimate of drug-likeness (QED) is 0.240. The fourth-order valence-electron chi connectivity index (χ4n) is 2.70. The molecule has 0 spiro atoms. The molecule has 0 unspecified atom stereocenters. The lowest BCUT2D eigenvalue weighted by Crippen LogP contribution is -2.15. The Morgan fingerprint density at radius 1 is 1.30 bits per heavy atom. The van der Waals surface area contributed by atoms with E-state index in [1.165, 1.54) is 37.1 Å². The lowest BCUT2D eigenvalue weighted by molar-refractivity contribution is -0.384. The van der Waals surface area contributed by atoms with Crippen LogP contribution in [0.1, 0.15) is 0 Å². The molecule has 10 heteroatoms. The lowest BCUT2D eigenvalue weighted by Gasteiger charge is -2.10. The van der Waals surface area contributed by atoms with Gasteiger partial charge in [0, 0.05) is 18.2 Å². The minimum atomic E-state index is -0.527. The number of hydrogen-bond acceptors (Lipinski definition) is 7. The van der Waals surface area contributed by atoms with Gasteiger partial charge in [-0.3, -0.25) is 19.5 Å². The van der Waals surface area contributed by atoms with Gasteiger partial charge < -0.3 is 10.1 Å². The second kappa shape index (κ2) is 9.70. The van der Waals surface area contributed by atoms with Crippen molar-refractivity contribution in [2.24, 2.45) is 0 Å². The number of benzene rings is 2. The molecule has 0 atom stereocenters. The summed E-state index contributed by atoms with van der Waals surface area (Å²) < 4.78 is 7.02. The van der Waals surface area contributed by atoms with Crippen molar-refractivity contribution >= 4 is 29.0 Å². The summed E-state index contributed by atoms with van der Waals surface area (Å²) in [5.74, 6) is 0.672. The van der Waals surface area contributed by atoms with E-state index in [1.54, 1.807) is 6.08 Å². The predicted octanol–water partition coefficient (Wildman–Crippen LogP) is 3.78. The number of hydrogen-bond donors (Lipinski definition) is 1. The molecule has 3 aromatic rings. The first-order chi connectivity index (χ1) is 14.5. The third-order valence-electron chi connectivity index (χ3n) is 4.06. The number of nitro benzene ring substituents is 1. The number of amides is 1. The van der Waals surface area contributed by atoms with E-state index >= 15 is 0 Å². The van der Waals surface area contributed by atoms with Gasteiger partial charge in [0.2, 0.25) is 5.91 Å². The Balaban J connectivity index is 1.71. The largest absolute Gasteiger partial charge is 0.494 e. The number of carbonyl (C=O) groups excluding carboxylic acids is 1. The Bertz CT molecular complexity index is 1070. The Kier molecular flexibility index (Phi) is 6.81. The zero-order valence-corrected chi connectivity index (χ0v) is 17.0. The van der Waals surface area contributed by atoms with Gasteiger partial charge in [0.05, 0.1) is 29.5 Å². The highest BCUT2D eigenvalue weighted by Crippen LogP contribution is 2.29. The SMILES string of the molecule is C=CCn1c(SCC(=O)Nc2ccc([N+](=O)[O-])cc2OC)nnc1-c1ccccc1. The number of rotatable bonds is 9. The fourth-order valence-corrected chi connectivity index (χ4v) is 3.45. The minimum Gasteiger partial charge on any atom is -0.494 e. The molecule has 1 aromatic heterocycles. The van der Waals surface area contributed by atoms with E-state index in [0.29, 0.717) is 23.2 Å². The average Bonchev–Trinajstić information content (AvgIpc) is 3.16. The van der Waals surface area contributed by atoms with Crippen LogP contribution in [0.5, 0.6) is 5.75 Å². The second-order valence-electron chi connectivity index (χ2n) is 6.05. The monoisotopic (exact) mass is 425 g/mol. The number of methoxy groups -OCH3 is 1. The molecular weight excluding hydrogens is 406 g/mol. The molecule has 3 rings (SSSR count). The van der Waals surface area contributed by atoms with Crippen molar-refractivity contribution in [2.45, 2.75) is 11.7 Å². The van der Waals surface area contributed by atoms with E-state index in [0.717, 1.165) is 5.56 Å². The number of allylic oxidation sites excluding steroid dienone is 1. The summed E-state index contributed by atoms with van der Waals surface area (Å²) >= 11 is 1.23. The Morgan fingerprint density at radius 3 is 2.73 bits per heavy atom. The molecule has 1 amide bonds. The van der Waals surface area contributed by atoms with Crippen LogP contribution < -0.4 is 10.1 Å². The van der Waals surface area contributed by atoms with Crippen LogP contribution in [0.15, 0.2) is 66.3 Å². The Morgan fingerprint density at radius 2 is 2.07 bits per heavy atom. The minimum absolute atomic E-state index is 0.0736. The molecule has 2 aromatic carbocycles. The molecule has 0 radical (unpaired) electrons. The number of anilines is 1. The second-order valence-corrected chi connectivity index (χ2v) is 6.99. The van der Waals surface area contributed by atoms with Crippen molar-refractivity contribution in [3.05, 3.63) is 71.3 Å². The number of thioether (sulfide) groups is 1. The topological polar surface area (TPSA) is 112 Å². The van der Waals surface area contributed by atoms with Crippen LogP contribution >= 0.6 is 11.8 Å². The van der Waals surface area contributed by atoms with Gasteiger partial charge >= 0.3 is 0 Å². The summed E-state index contributed by atoms with van der Waals surface area (Å²) in [4.78, 5) is 22.8. The van der Waals surface area contributed by atoms with Crippen LogP contribution in [0, 0.1) is 10.1 Å². The van der Waals surface area contributed by atoms with Crippen LogP contribution in [0.25, 0.3) is 11.4 Å². The summed E-state index contributed by atoms with van der Waals surface area (Å²) in [7, 11) is 1.38. The zero-order valence-electron chi connectivity index (χ0n) is 16.1. The van der Waals surface area contributed by atoms with E-state index in [1.807, 2.05) is 34.9 Å². The maximum atomic E-state index is 12.4. The third kappa shape index (κ3) is 4.84. The highest BCUT2D eigenvalue weighted by Gasteiger charge is 2.17. The predicted molar refractivity (Wildman–Crippen MR) is 115 cm³/mol. The number of nitrogens with zero attached hydrogens (tertiary/aromatic N) is 4. The van der Waals surface area contributed by atoms with E-state index in [4.69, 9.17) is 4.74 Å². The van der Waals surface area contributed by atoms with Crippen molar-refractivity contribution in [1.82, 2.24) is 14.8 Å². The van der Waals surface area contributed by atoms with Crippen molar-refractivity contribution < 1.29 is 14.5 Å². The van der Waals surface area contributed by atoms with E-state index in [9.17, 15) is 14.9 Å². The van der Waals surface area contributed by atoms with Crippen LogP contribution in [-0.4, -0.2) is 38.5 Å². The molecule has 0 fully saturated rings. The summed E-state index contributed by atoms with van der Waals surface area (Å²) in [5, 5.41) is 22.6. The van der Waals surface area contributed by atoms with Crippen molar-refractivity contribution in [3.63, 3.8) is 0 Å². The van der Waals surface area contributed by atoms with Crippen LogP contribution in [0.3, 0.4) is 0 Å². The normalized spacial score (nSPS) is 10.4. The standard InChI is InChI=1S/C20H19N5O4S/c1-3-11-24-19(14-7-5-4-6-8-14)22-23-20(24)30-13-18(26)21-16-10-9-15(25(27)28)12-17(16)29-2/h3-10,12H,1,11,13H2,2H3,(H,21,26). The molecule has 0 aliphatic carbocycles. The first kappa shape index (κ1) is 21.1. The van der Waals surface area contributed by atoms with Gasteiger partial charge in [-0.2, -0.15) is 0 Å². The molecule has 0 bridgehead atoms. The van der Waals surface area contributed by atoms with Crippen LogP contribution in [-0.2, 0) is 11.3 Å². The van der Waals surface area contributed by atoms with E-state index < -0.39 is 4.92 Å². The number of carbonyl (C=O) groups is 1. The maximum Gasteiger partial charge on any atom is 0.273 e. The van der Waals surface area contributed by atoms with Crippen molar-refractivity contribution in [1.29, 1.82) is 0 Å². The molecule has 9 nitrogen and oxygen atoms in total. The molecule has 154 valence electrons. The van der Waals surface area contributed by atoms with E-state index in [-0.39, 0.29) is 23.1 Å². The smallest absolute Gasteiger partial charge is 0.273 e. The van der Waals surface area contributed by atoms with Gasteiger partial charge in [-0.1, -0.05) is 48.2 Å². The molecule has 1 heterocycles. The van der Waals surface area contributed by atoms with Crippen molar-refractivity contribution in [3.8, 4) is 17.1 Å². The molecular formula is C20H19N5O4S. The van der Waals surface area contributed by atoms with Crippen molar-refractivity contribution in [2.75, 3.05) is 18.2 Å². The number of aromatic nitrogens is 3. The maximum absolute atomic E-state index is 12.4. The van der Waals surface area contributed by atoms with Gasteiger partial charge in [0.1, 0.15) is 5.75 Å². The summed E-state index contributed by atoms with van der Waals surface area (Å²) in [6.45, 7) is 4.27. The van der Waals surface area contributed by atoms with Gasteiger partial charge in [0.25, 0.3) is 5.69 Å².